The van der Waals surface area contributed by atoms with Crippen LogP contribution in [0.25, 0.3) is 0 Å². The lowest BCUT2D eigenvalue weighted by atomic mass is 9.79. The highest BCUT2D eigenvalue weighted by Gasteiger charge is 2.33. The molecule has 34 heavy (non-hydrogen) atoms. The topological polar surface area (TPSA) is 53.3 Å². The van der Waals surface area contributed by atoms with Gasteiger partial charge in [-0.1, -0.05) is 31.6 Å². The standard InChI is InChI=1S/C24H48N4P6/c1-3-19(25)14-21(28-9-6-16(7-10-28)22-15(2)5-4-8-26-22)27-20-12-17(23(29,30)31)11-18(13-20)24(32,33)34/h11-12,14-16,19-20,22,26-27H,3-10,13,25,29-34H2,1-2H3/b21-14+. The van der Waals surface area contributed by atoms with Crippen molar-refractivity contribution in [3.8, 4) is 0 Å². The Hall–Kier alpha value is 1.32. The van der Waals surface area contributed by atoms with Crippen LogP contribution in [0.2, 0.25) is 0 Å². The van der Waals surface area contributed by atoms with Gasteiger partial charge in [0.15, 0.2) is 0 Å². The Kier molecular flexibility index (Phi) is 11.3. The maximum Gasteiger partial charge on any atom is 0.0992 e. The van der Waals surface area contributed by atoms with Crippen LogP contribution in [0.5, 0.6) is 0 Å². The smallest absolute Gasteiger partial charge is 0.0992 e. The summed E-state index contributed by atoms with van der Waals surface area (Å²) in [6, 6.07) is 0.977. The van der Waals surface area contributed by atoms with Crippen LogP contribution < -0.4 is 16.4 Å². The van der Waals surface area contributed by atoms with Gasteiger partial charge in [0, 0.05) is 34.4 Å². The summed E-state index contributed by atoms with van der Waals surface area (Å²) in [4.78, 5) is 2.55. The maximum atomic E-state index is 6.44. The van der Waals surface area contributed by atoms with Crippen molar-refractivity contribution in [1.29, 1.82) is 0 Å². The molecule has 0 spiro atoms. The lowest BCUT2D eigenvalue weighted by Crippen LogP contribution is -2.50. The number of likely N-dealkylation sites (tertiary alicyclic amines) is 1. The van der Waals surface area contributed by atoms with Crippen LogP contribution in [-0.4, -0.2) is 51.9 Å². The van der Waals surface area contributed by atoms with Gasteiger partial charge < -0.3 is 21.3 Å². The summed E-state index contributed by atoms with van der Waals surface area (Å²) in [7, 11) is 17.7. The van der Waals surface area contributed by atoms with Crippen LogP contribution in [0.4, 0.5) is 0 Å². The Morgan fingerprint density at radius 3 is 2.41 bits per heavy atom. The summed E-state index contributed by atoms with van der Waals surface area (Å²) in [6.45, 7) is 7.97. The van der Waals surface area contributed by atoms with Gasteiger partial charge in [-0.3, -0.25) is 0 Å². The molecule has 194 valence electrons. The maximum absolute atomic E-state index is 6.44. The molecule has 4 nitrogen and oxygen atoms in total. The minimum Gasteiger partial charge on any atom is -0.365 e. The summed E-state index contributed by atoms with van der Waals surface area (Å²) in [5.41, 5.74) is 9.12. The van der Waals surface area contributed by atoms with Crippen molar-refractivity contribution < 1.29 is 0 Å². The molecule has 0 radical (unpaired) electrons. The van der Waals surface area contributed by atoms with E-state index in [2.05, 4.69) is 103 Å². The second-order valence-corrected chi connectivity index (χ2v) is 20.4. The van der Waals surface area contributed by atoms with E-state index in [0.29, 0.717) is 6.04 Å². The van der Waals surface area contributed by atoms with Crippen LogP contribution >= 0.6 is 55.4 Å². The number of rotatable bonds is 8. The van der Waals surface area contributed by atoms with Gasteiger partial charge in [0.1, 0.15) is 0 Å². The highest BCUT2D eigenvalue weighted by atomic mass is 31.1. The molecular weight excluding hydrogens is 530 g/mol. The van der Waals surface area contributed by atoms with E-state index in [-0.39, 0.29) is 21.4 Å². The number of piperidine rings is 2. The first-order valence-corrected chi connectivity index (χ1v) is 16.2. The van der Waals surface area contributed by atoms with Gasteiger partial charge in [-0.15, -0.1) is 55.4 Å². The van der Waals surface area contributed by atoms with Gasteiger partial charge in [-0.2, -0.15) is 0 Å². The van der Waals surface area contributed by atoms with Crippen LogP contribution in [0.15, 0.2) is 35.2 Å². The lowest BCUT2D eigenvalue weighted by Gasteiger charge is -2.43. The second-order valence-electron chi connectivity index (χ2n) is 10.7. The third-order valence-electron chi connectivity index (χ3n) is 7.60. The van der Waals surface area contributed by atoms with E-state index in [9.17, 15) is 0 Å². The first kappa shape index (κ1) is 29.9. The molecule has 2 aliphatic heterocycles. The minimum atomic E-state index is -0.136. The van der Waals surface area contributed by atoms with Crippen LogP contribution in [0.1, 0.15) is 52.4 Å². The van der Waals surface area contributed by atoms with Crippen molar-refractivity contribution in [3.63, 3.8) is 0 Å². The van der Waals surface area contributed by atoms with Gasteiger partial charge in [-0.05, 0) is 68.6 Å². The molecule has 10 heteroatoms. The molecule has 2 heterocycles. The monoisotopic (exact) mass is 578 g/mol. The van der Waals surface area contributed by atoms with Gasteiger partial charge in [0.25, 0.3) is 0 Å². The molecular formula is C24H48N4P6. The van der Waals surface area contributed by atoms with Crippen molar-refractivity contribution in [2.24, 2.45) is 17.6 Å². The van der Waals surface area contributed by atoms with E-state index in [1.165, 1.54) is 49.2 Å². The number of hydrogen-bond acceptors (Lipinski definition) is 4. The Bertz CT molecular complexity index is 777. The highest BCUT2D eigenvalue weighted by Crippen LogP contribution is 2.50. The van der Waals surface area contributed by atoms with Crippen LogP contribution in [0, 0.1) is 11.8 Å². The minimum absolute atomic E-state index is 0.0656. The molecule has 2 saturated heterocycles. The van der Waals surface area contributed by atoms with Gasteiger partial charge in [0.2, 0.25) is 0 Å². The highest BCUT2D eigenvalue weighted by molar-refractivity contribution is 7.58. The fourth-order valence-electron chi connectivity index (χ4n) is 5.43. The third-order valence-corrected chi connectivity index (χ3v) is 9.71. The van der Waals surface area contributed by atoms with Crippen molar-refractivity contribution in [1.82, 2.24) is 15.5 Å². The summed E-state index contributed by atoms with van der Waals surface area (Å²) in [6.07, 6.45) is 14.1. The fraction of sp³-hybridized carbons (Fsp3) is 0.750. The predicted molar refractivity (Wildman–Crippen MR) is 172 cm³/mol. The van der Waals surface area contributed by atoms with E-state index in [1.807, 2.05) is 0 Å². The molecule has 2 fully saturated rings. The van der Waals surface area contributed by atoms with Gasteiger partial charge in [-0.25, -0.2) is 0 Å². The average molecular weight is 579 g/mol. The molecule has 0 bridgehead atoms. The summed E-state index contributed by atoms with van der Waals surface area (Å²) in [5.74, 6) is 2.78. The molecule has 3 aliphatic rings. The Balaban J connectivity index is 1.75. The molecule has 1 aliphatic carbocycles. The quantitative estimate of drug-likeness (QED) is 0.373. The normalized spacial score (nSPS) is 28.9. The summed E-state index contributed by atoms with van der Waals surface area (Å²) < 4.78 is -0.237. The first-order valence-electron chi connectivity index (χ1n) is 12.8. The second kappa shape index (κ2) is 12.9. The van der Waals surface area contributed by atoms with Crippen molar-refractivity contribution in [2.45, 2.75) is 79.8 Å². The Morgan fingerprint density at radius 2 is 1.85 bits per heavy atom. The molecule has 10 atom stereocenters. The SMILES string of the molecule is CCC(N)/C=C(\NC1C=C(C(P)(P)P)C=C(C(P)(P)P)C1)N1CCC(C2NCCCC2C)CC1. The molecule has 4 N–H and O–H groups in total. The van der Waals surface area contributed by atoms with Gasteiger partial charge >= 0.3 is 0 Å². The van der Waals surface area contributed by atoms with Crippen molar-refractivity contribution >= 4 is 55.4 Å². The Morgan fingerprint density at radius 1 is 1.18 bits per heavy atom. The number of allylic oxidation sites excluding steroid dienone is 2. The summed E-state index contributed by atoms with van der Waals surface area (Å²) >= 11 is 0. The third kappa shape index (κ3) is 8.41. The number of nitrogens with one attached hydrogen (secondary N) is 2. The zero-order chi connectivity index (χ0) is 25.1. The fourth-order valence-corrected chi connectivity index (χ4v) is 6.57. The largest absolute Gasteiger partial charge is 0.365 e. The molecule has 0 amide bonds. The molecule has 0 aromatic heterocycles. The van der Waals surface area contributed by atoms with E-state index >= 15 is 0 Å². The van der Waals surface area contributed by atoms with Crippen molar-refractivity contribution in [2.75, 3.05) is 19.6 Å². The predicted octanol–water partition coefficient (Wildman–Crippen LogP) is 4.44. The van der Waals surface area contributed by atoms with Gasteiger partial charge in [0.05, 0.1) is 11.9 Å². The van der Waals surface area contributed by atoms with Crippen LogP contribution in [-0.2, 0) is 0 Å². The lowest BCUT2D eigenvalue weighted by molar-refractivity contribution is 0.138. The summed E-state index contributed by atoms with van der Waals surface area (Å²) in [5, 5.41) is 7.75. The molecule has 10 unspecified atom stereocenters. The van der Waals surface area contributed by atoms with E-state index < -0.39 is 0 Å². The number of hydrogen-bond donors (Lipinski definition) is 3. The molecule has 3 rings (SSSR count). The Labute approximate surface area is 222 Å². The van der Waals surface area contributed by atoms with E-state index in [0.717, 1.165) is 37.8 Å². The number of nitrogens with zero attached hydrogens (tertiary/aromatic N) is 1. The molecule has 0 aromatic rings. The van der Waals surface area contributed by atoms with Crippen LogP contribution in [0.3, 0.4) is 0 Å². The van der Waals surface area contributed by atoms with E-state index in [4.69, 9.17) is 5.73 Å². The van der Waals surface area contributed by atoms with E-state index in [1.54, 1.807) is 0 Å². The first-order chi connectivity index (χ1) is 15.9. The molecule has 0 aromatic carbocycles. The van der Waals surface area contributed by atoms with Crippen molar-refractivity contribution in [3.05, 3.63) is 35.2 Å². The number of nitrogens with two attached hydrogens (primary N) is 1. The zero-order valence-electron chi connectivity index (χ0n) is 21.0. The zero-order valence-corrected chi connectivity index (χ0v) is 27.9. The average Bonchev–Trinajstić information content (AvgIpc) is 2.77. The molecule has 0 saturated carbocycles.